The first-order valence-corrected chi connectivity index (χ1v) is 9.00. The van der Waals surface area contributed by atoms with Crippen LogP contribution in [0.1, 0.15) is 44.7 Å². The number of nitrogens with zero attached hydrogens (tertiary/aromatic N) is 4. The Kier molecular flexibility index (Phi) is 4.11. The van der Waals surface area contributed by atoms with Gasteiger partial charge in [-0.15, -0.1) is 0 Å². The molecule has 7 heteroatoms. The second kappa shape index (κ2) is 6.29. The van der Waals surface area contributed by atoms with Crippen LogP contribution >= 0.6 is 0 Å². The number of hydrogen-bond donors (Lipinski definition) is 2. The van der Waals surface area contributed by atoms with E-state index < -0.39 is 0 Å². The molecule has 0 aromatic carbocycles. The quantitative estimate of drug-likeness (QED) is 0.840. The van der Waals surface area contributed by atoms with Crippen LogP contribution in [0.25, 0.3) is 0 Å². The lowest BCUT2D eigenvalue weighted by atomic mass is 9.90. The molecule has 134 valence electrons. The second-order valence-electron chi connectivity index (χ2n) is 7.59. The van der Waals surface area contributed by atoms with Crippen molar-refractivity contribution in [3.63, 3.8) is 0 Å². The zero-order chi connectivity index (χ0) is 17.4. The summed E-state index contributed by atoms with van der Waals surface area (Å²) in [6.07, 6.45) is 5.40. The Labute approximate surface area is 148 Å². The number of aromatic nitrogens is 4. The molecule has 25 heavy (non-hydrogen) atoms. The number of rotatable bonds is 6. The van der Waals surface area contributed by atoms with Crippen molar-refractivity contribution in [2.75, 3.05) is 30.4 Å². The van der Waals surface area contributed by atoms with Gasteiger partial charge in [-0.05, 0) is 39.2 Å². The molecule has 1 saturated carbocycles. The van der Waals surface area contributed by atoms with Crippen LogP contribution in [0.5, 0.6) is 0 Å². The summed E-state index contributed by atoms with van der Waals surface area (Å²) in [6.45, 7) is 6.16. The lowest BCUT2D eigenvalue weighted by molar-refractivity contribution is -0.0206. The average molecular weight is 342 g/mol. The molecule has 0 spiro atoms. The summed E-state index contributed by atoms with van der Waals surface area (Å²) in [7, 11) is 1.78. The highest BCUT2D eigenvalue weighted by molar-refractivity contribution is 5.53. The number of anilines is 3. The molecule has 2 N–H and O–H groups in total. The molecule has 1 unspecified atom stereocenters. The van der Waals surface area contributed by atoms with Gasteiger partial charge < -0.3 is 15.0 Å². The third kappa shape index (κ3) is 3.46. The van der Waals surface area contributed by atoms with Gasteiger partial charge >= 0.3 is 0 Å². The van der Waals surface area contributed by atoms with Crippen LogP contribution in [0.4, 0.5) is 17.6 Å². The van der Waals surface area contributed by atoms with Crippen LogP contribution in [0.2, 0.25) is 0 Å². The Hall–Kier alpha value is -2.15. The number of methoxy groups -OCH3 is 1. The highest BCUT2D eigenvalue weighted by atomic mass is 16.5. The minimum Gasteiger partial charge on any atom is -0.378 e. The van der Waals surface area contributed by atoms with Crippen LogP contribution < -0.4 is 10.2 Å². The Morgan fingerprint density at radius 1 is 1.28 bits per heavy atom. The fourth-order valence-electron chi connectivity index (χ4n) is 3.38. The van der Waals surface area contributed by atoms with Crippen molar-refractivity contribution < 1.29 is 4.74 Å². The number of nitrogens with one attached hydrogen (secondary N) is 2. The Morgan fingerprint density at radius 2 is 2.12 bits per heavy atom. The van der Waals surface area contributed by atoms with Crippen molar-refractivity contribution in [2.24, 2.45) is 5.92 Å². The van der Waals surface area contributed by atoms with E-state index in [1.54, 1.807) is 13.3 Å². The topological polar surface area (TPSA) is 79.0 Å². The van der Waals surface area contributed by atoms with E-state index in [0.29, 0.717) is 11.8 Å². The molecule has 2 fully saturated rings. The molecule has 0 amide bonds. The van der Waals surface area contributed by atoms with E-state index in [-0.39, 0.29) is 5.60 Å². The van der Waals surface area contributed by atoms with E-state index in [4.69, 9.17) is 4.74 Å². The predicted molar refractivity (Wildman–Crippen MR) is 97.3 cm³/mol. The van der Waals surface area contributed by atoms with Crippen molar-refractivity contribution in [3.05, 3.63) is 24.0 Å². The number of aromatic amines is 1. The SMILES string of the molecule is COC(C)(C)C1CCN(c2nccc(Nc3cc(C4CC4)[nH]n3)n2)C1. The molecule has 2 aromatic rings. The van der Waals surface area contributed by atoms with Crippen LogP contribution in [0.3, 0.4) is 0 Å². The van der Waals surface area contributed by atoms with Crippen molar-refractivity contribution in [2.45, 2.75) is 44.6 Å². The number of H-pyrrole nitrogens is 1. The zero-order valence-electron chi connectivity index (χ0n) is 15.1. The molecule has 1 aliphatic carbocycles. The highest BCUT2D eigenvalue weighted by Gasteiger charge is 2.36. The van der Waals surface area contributed by atoms with Crippen LogP contribution in [0, 0.1) is 5.92 Å². The van der Waals surface area contributed by atoms with Crippen molar-refractivity contribution >= 4 is 17.6 Å². The largest absolute Gasteiger partial charge is 0.378 e. The van der Waals surface area contributed by atoms with E-state index in [2.05, 4.69) is 50.3 Å². The molecule has 4 rings (SSSR count). The monoisotopic (exact) mass is 342 g/mol. The Bertz CT molecular complexity index is 739. The lowest BCUT2D eigenvalue weighted by Crippen LogP contribution is -2.35. The van der Waals surface area contributed by atoms with Gasteiger partial charge in [0.25, 0.3) is 0 Å². The highest BCUT2D eigenvalue weighted by Crippen LogP contribution is 2.39. The minimum atomic E-state index is -0.126. The molecule has 1 atom stereocenters. The van der Waals surface area contributed by atoms with E-state index in [1.165, 1.54) is 18.5 Å². The Balaban J connectivity index is 1.44. The number of hydrogen-bond acceptors (Lipinski definition) is 6. The molecule has 3 heterocycles. The van der Waals surface area contributed by atoms with Gasteiger partial charge in [-0.1, -0.05) is 0 Å². The molecule has 0 bridgehead atoms. The first-order chi connectivity index (χ1) is 12.0. The van der Waals surface area contributed by atoms with Gasteiger partial charge in [0.05, 0.1) is 5.60 Å². The summed E-state index contributed by atoms with van der Waals surface area (Å²) < 4.78 is 5.64. The van der Waals surface area contributed by atoms with E-state index in [0.717, 1.165) is 37.1 Å². The van der Waals surface area contributed by atoms with Gasteiger partial charge in [0.1, 0.15) is 5.82 Å². The maximum Gasteiger partial charge on any atom is 0.227 e. The van der Waals surface area contributed by atoms with Crippen LogP contribution in [-0.4, -0.2) is 46.0 Å². The molecule has 0 radical (unpaired) electrons. The third-order valence-corrected chi connectivity index (χ3v) is 5.49. The molecular weight excluding hydrogens is 316 g/mol. The smallest absolute Gasteiger partial charge is 0.227 e. The van der Waals surface area contributed by atoms with Crippen molar-refractivity contribution in [1.82, 2.24) is 20.2 Å². The van der Waals surface area contributed by atoms with Gasteiger partial charge in [0.15, 0.2) is 5.82 Å². The number of ether oxygens (including phenoxy) is 1. The normalized spacial score (nSPS) is 20.9. The van der Waals surface area contributed by atoms with Crippen LogP contribution in [0.15, 0.2) is 18.3 Å². The molecule has 7 nitrogen and oxygen atoms in total. The molecule has 1 saturated heterocycles. The first kappa shape index (κ1) is 16.3. The molecule has 2 aromatic heterocycles. The van der Waals surface area contributed by atoms with Gasteiger partial charge in [-0.3, -0.25) is 5.10 Å². The zero-order valence-corrected chi connectivity index (χ0v) is 15.1. The fourth-order valence-corrected chi connectivity index (χ4v) is 3.38. The van der Waals surface area contributed by atoms with Crippen molar-refractivity contribution in [3.8, 4) is 0 Å². The standard InChI is InChI=1S/C18H26N6O/c1-18(2,25-3)13-7-9-24(11-13)17-19-8-6-15(21-17)20-16-10-14(22-23-16)12-4-5-12/h6,8,10,12-13H,4-5,7,9,11H2,1-3H3,(H2,19,20,21,22,23). The minimum absolute atomic E-state index is 0.126. The van der Waals surface area contributed by atoms with Gasteiger partial charge in [0, 0.05) is 50.0 Å². The summed E-state index contributed by atoms with van der Waals surface area (Å²) in [5, 5.41) is 10.7. The van der Waals surface area contributed by atoms with E-state index in [1.807, 2.05) is 6.07 Å². The second-order valence-corrected chi connectivity index (χ2v) is 7.59. The maximum atomic E-state index is 5.64. The summed E-state index contributed by atoms with van der Waals surface area (Å²) >= 11 is 0. The van der Waals surface area contributed by atoms with Crippen molar-refractivity contribution in [1.29, 1.82) is 0 Å². The first-order valence-electron chi connectivity index (χ1n) is 9.00. The summed E-state index contributed by atoms with van der Waals surface area (Å²) in [5.74, 6) is 3.48. The predicted octanol–water partition coefficient (Wildman–Crippen LogP) is 3.07. The van der Waals surface area contributed by atoms with Gasteiger partial charge in [-0.25, -0.2) is 4.98 Å². The average Bonchev–Trinajstić information content (AvgIpc) is 3.15. The van der Waals surface area contributed by atoms with Crippen LogP contribution in [-0.2, 0) is 4.74 Å². The van der Waals surface area contributed by atoms with Gasteiger partial charge in [0.2, 0.25) is 5.95 Å². The Morgan fingerprint density at radius 3 is 2.88 bits per heavy atom. The van der Waals surface area contributed by atoms with Gasteiger partial charge in [-0.2, -0.15) is 10.1 Å². The lowest BCUT2D eigenvalue weighted by Gasteiger charge is -2.30. The third-order valence-electron chi connectivity index (χ3n) is 5.49. The van der Waals surface area contributed by atoms with E-state index >= 15 is 0 Å². The summed E-state index contributed by atoms with van der Waals surface area (Å²) in [4.78, 5) is 11.4. The molecule has 1 aliphatic heterocycles. The fraction of sp³-hybridized carbons (Fsp3) is 0.611. The molecular formula is C18H26N6O. The summed E-state index contributed by atoms with van der Waals surface area (Å²) in [6, 6.07) is 3.95. The summed E-state index contributed by atoms with van der Waals surface area (Å²) in [5.41, 5.74) is 1.08. The maximum absolute atomic E-state index is 5.64. The molecule has 2 aliphatic rings. The van der Waals surface area contributed by atoms with E-state index in [9.17, 15) is 0 Å².